The number of hydrogen-bond donors (Lipinski definition) is 2. The van der Waals surface area contributed by atoms with Crippen LogP contribution in [0.5, 0.6) is 0 Å². The van der Waals surface area contributed by atoms with E-state index in [0.29, 0.717) is 0 Å². The number of carbonyl (C=O) groups excluding carboxylic acids is 1. The first-order chi connectivity index (χ1) is 9.00. The summed E-state index contributed by atoms with van der Waals surface area (Å²) in [6, 6.07) is 7.91. The van der Waals surface area contributed by atoms with Gasteiger partial charge in [0.15, 0.2) is 0 Å². The van der Waals surface area contributed by atoms with Gasteiger partial charge in [-0.15, -0.1) is 0 Å². The molecule has 0 spiro atoms. The molecule has 2 N–H and O–H groups in total. The van der Waals surface area contributed by atoms with Crippen LogP contribution in [0, 0.1) is 6.92 Å². The van der Waals surface area contributed by atoms with E-state index < -0.39 is 5.54 Å². The van der Waals surface area contributed by atoms with E-state index in [4.69, 9.17) is 0 Å². The van der Waals surface area contributed by atoms with E-state index in [1.54, 1.807) is 0 Å². The number of amides is 1. The van der Waals surface area contributed by atoms with Gasteiger partial charge in [0.25, 0.3) is 0 Å². The Morgan fingerprint density at radius 2 is 1.79 bits per heavy atom. The second-order valence-corrected chi connectivity index (χ2v) is 5.62. The molecule has 0 radical (unpaired) electrons. The molecule has 4 heteroatoms. The van der Waals surface area contributed by atoms with Crippen molar-refractivity contribution in [3.8, 4) is 0 Å². The minimum Gasteiger partial charge on any atom is -0.324 e. The lowest BCUT2D eigenvalue weighted by atomic mass is 10.00. The molecular formula is C15H23N3O. The summed E-state index contributed by atoms with van der Waals surface area (Å²) in [5.41, 5.74) is 1.57. The predicted octanol–water partition coefficient (Wildman–Crippen LogP) is 1.62. The minimum absolute atomic E-state index is 0.0539. The predicted molar refractivity (Wildman–Crippen MR) is 78.3 cm³/mol. The van der Waals surface area contributed by atoms with Crippen LogP contribution >= 0.6 is 0 Å². The summed E-state index contributed by atoms with van der Waals surface area (Å²) in [5.74, 6) is 0.0539. The molecule has 1 amide bonds. The summed E-state index contributed by atoms with van der Waals surface area (Å²) in [6.07, 6.45) is 0. The first-order valence-corrected chi connectivity index (χ1v) is 6.84. The average molecular weight is 261 g/mol. The standard InChI is InChI=1S/C15H23N3O/c1-12-4-6-13(7-5-12)17-14(19)15(2,3)18-10-8-16-9-11-18/h4-7,16H,8-11H2,1-3H3,(H,17,19). The molecule has 2 rings (SSSR count). The molecule has 0 atom stereocenters. The van der Waals surface area contributed by atoms with Gasteiger partial charge >= 0.3 is 0 Å². The van der Waals surface area contributed by atoms with Crippen molar-refractivity contribution < 1.29 is 4.79 Å². The zero-order valence-electron chi connectivity index (χ0n) is 12.0. The Labute approximate surface area is 115 Å². The molecule has 1 aliphatic rings. The van der Waals surface area contributed by atoms with Crippen LogP contribution in [0.3, 0.4) is 0 Å². The van der Waals surface area contributed by atoms with Gasteiger partial charge in [-0.1, -0.05) is 17.7 Å². The number of aryl methyl sites for hydroxylation is 1. The first kappa shape index (κ1) is 14.0. The zero-order chi connectivity index (χ0) is 13.9. The van der Waals surface area contributed by atoms with Crippen LogP contribution in [-0.2, 0) is 4.79 Å². The lowest BCUT2D eigenvalue weighted by molar-refractivity contribution is -0.126. The zero-order valence-corrected chi connectivity index (χ0v) is 12.0. The van der Waals surface area contributed by atoms with Gasteiger partial charge in [-0.05, 0) is 32.9 Å². The molecule has 1 heterocycles. The van der Waals surface area contributed by atoms with Crippen LogP contribution in [0.4, 0.5) is 5.69 Å². The van der Waals surface area contributed by atoms with Crippen LogP contribution in [0.15, 0.2) is 24.3 Å². The number of nitrogens with one attached hydrogen (secondary N) is 2. The fourth-order valence-corrected chi connectivity index (χ4v) is 2.29. The Kier molecular flexibility index (Phi) is 4.22. The maximum Gasteiger partial charge on any atom is 0.244 e. The monoisotopic (exact) mass is 261 g/mol. The maximum absolute atomic E-state index is 12.4. The van der Waals surface area contributed by atoms with Gasteiger partial charge in [0.2, 0.25) is 5.91 Å². The molecule has 1 aromatic rings. The Bertz CT molecular complexity index is 433. The molecule has 0 unspecified atom stereocenters. The Morgan fingerprint density at radius 1 is 1.21 bits per heavy atom. The van der Waals surface area contributed by atoms with E-state index in [-0.39, 0.29) is 5.91 Å². The Morgan fingerprint density at radius 3 is 2.37 bits per heavy atom. The van der Waals surface area contributed by atoms with Crippen molar-refractivity contribution in [2.75, 3.05) is 31.5 Å². The smallest absolute Gasteiger partial charge is 0.244 e. The van der Waals surface area contributed by atoms with Crippen LogP contribution in [-0.4, -0.2) is 42.5 Å². The second-order valence-electron chi connectivity index (χ2n) is 5.62. The third-order valence-corrected chi connectivity index (χ3v) is 3.77. The fraction of sp³-hybridized carbons (Fsp3) is 0.533. The van der Waals surface area contributed by atoms with Crippen LogP contribution in [0.1, 0.15) is 19.4 Å². The molecular weight excluding hydrogens is 238 g/mol. The van der Waals surface area contributed by atoms with E-state index in [2.05, 4.69) is 15.5 Å². The number of benzene rings is 1. The SMILES string of the molecule is Cc1ccc(NC(=O)C(C)(C)N2CCNCC2)cc1. The molecule has 1 aliphatic heterocycles. The third kappa shape index (κ3) is 3.33. The van der Waals surface area contributed by atoms with Crippen molar-refractivity contribution in [3.05, 3.63) is 29.8 Å². The van der Waals surface area contributed by atoms with Gasteiger partial charge in [-0.3, -0.25) is 9.69 Å². The van der Waals surface area contributed by atoms with Crippen molar-refractivity contribution >= 4 is 11.6 Å². The molecule has 19 heavy (non-hydrogen) atoms. The summed E-state index contributed by atoms with van der Waals surface area (Å²) in [6.45, 7) is 9.73. The molecule has 104 valence electrons. The molecule has 1 fully saturated rings. The summed E-state index contributed by atoms with van der Waals surface area (Å²) in [7, 11) is 0. The number of rotatable bonds is 3. The first-order valence-electron chi connectivity index (χ1n) is 6.84. The number of piperazine rings is 1. The quantitative estimate of drug-likeness (QED) is 0.869. The summed E-state index contributed by atoms with van der Waals surface area (Å²) in [5, 5.41) is 6.31. The molecule has 4 nitrogen and oxygen atoms in total. The Hall–Kier alpha value is -1.39. The number of anilines is 1. The highest BCUT2D eigenvalue weighted by Gasteiger charge is 2.35. The van der Waals surface area contributed by atoms with Crippen molar-refractivity contribution in [2.45, 2.75) is 26.3 Å². The van der Waals surface area contributed by atoms with E-state index in [1.165, 1.54) is 5.56 Å². The van der Waals surface area contributed by atoms with Crippen molar-refractivity contribution in [2.24, 2.45) is 0 Å². The molecule has 0 aromatic heterocycles. The van der Waals surface area contributed by atoms with Gasteiger partial charge in [0, 0.05) is 31.9 Å². The van der Waals surface area contributed by atoms with Gasteiger partial charge in [0.05, 0.1) is 5.54 Å². The maximum atomic E-state index is 12.4. The second kappa shape index (κ2) is 5.72. The van der Waals surface area contributed by atoms with E-state index >= 15 is 0 Å². The Balaban J connectivity index is 2.03. The van der Waals surface area contributed by atoms with Gasteiger partial charge in [-0.2, -0.15) is 0 Å². The van der Waals surface area contributed by atoms with Crippen LogP contribution in [0.25, 0.3) is 0 Å². The molecule has 0 bridgehead atoms. The summed E-state index contributed by atoms with van der Waals surface area (Å²) < 4.78 is 0. The highest BCUT2D eigenvalue weighted by atomic mass is 16.2. The average Bonchev–Trinajstić information content (AvgIpc) is 2.42. The summed E-state index contributed by atoms with van der Waals surface area (Å²) >= 11 is 0. The lowest BCUT2D eigenvalue weighted by Gasteiger charge is -2.39. The molecule has 1 saturated heterocycles. The topological polar surface area (TPSA) is 44.4 Å². The largest absolute Gasteiger partial charge is 0.324 e. The third-order valence-electron chi connectivity index (χ3n) is 3.77. The van der Waals surface area contributed by atoms with Gasteiger partial charge in [0.1, 0.15) is 0 Å². The van der Waals surface area contributed by atoms with Crippen molar-refractivity contribution in [3.63, 3.8) is 0 Å². The molecule has 1 aromatic carbocycles. The van der Waals surface area contributed by atoms with E-state index in [1.807, 2.05) is 45.0 Å². The van der Waals surface area contributed by atoms with Crippen molar-refractivity contribution in [1.82, 2.24) is 10.2 Å². The summed E-state index contributed by atoms with van der Waals surface area (Å²) in [4.78, 5) is 14.7. The van der Waals surface area contributed by atoms with E-state index in [9.17, 15) is 4.79 Å². The number of carbonyl (C=O) groups is 1. The van der Waals surface area contributed by atoms with Gasteiger partial charge in [-0.25, -0.2) is 0 Å². The number of nitrogens with zero attached hydrogens (tertiary/aromatic N) is 1. The fourth-order valence-electron chi connectivity index (χ4n) is 2.29. The normalized spacial score (nSPS) is 17.2. The molecule has 0 aliphatic carbocycles. The molecule has 0 saturated carbocycles. The highest BCUT2D eigenvalue weighted by Crippen LogP contribution is 2.18. The highest BCUT2D eigenvalue weighted by molar-refractivity contribution is 5.97. The van der Waals surface area contributed by atoms with Crippen molar-refractivity contribution in [1.29, 1.82) is 0 Å². The lowest BCUT2D eigenvalue weighted by Crippen LogP contribution is -2.58. The van der Waals surface area contributed by atoms with E-state index in [0.717, 1.165) is 31.9 Å². The minimum atomic E-state index is -0.479. The van der Waals surface area contributed by atoms with Crippen LogP contribution < -0.4 is 10.6 Å². The van der Waals surface area contributed by atoms with Crippen LogP contribution in [0.2, 0.25) is 0 Å². The number of hydrogen-bond acceptors (Lipinski definition) is 3. The van der Waals surface area contributed by atoms with Gasteiger partial charge < -0.3 is 10.6 Å².